The number of amides is 1. The molecule has 0 radical (unpaired) electrons. The van der Waals surface area contributed by atoms with Gasteiger partial charge in [-0.3, -0.25) is 4.79 Å². The van der Waals surface area contributed by atoms with E-state index in [1.165, 1.54) is 36.3 Å². The summed E-state index contributed by atoms with van der Waals surface area (Å²) in [7, 11) is 0. The molecule has 0 bridgehead atoms. The number of ether oxygens (including phenoxy) is 1. The first-order valence-corrected chi connectivity index (χ1v) is 9.52. The number of nitrogens with zero attached hydrogens (tertiary/aromatic N) is 2. The molecule has 0 unspecified atom stereocenters. The van der Waals surface area contributed by atoms with Crippen molar-refractivity contribution < 1.29 is 13.9 Å². The van der Waals surface area contributed by atoms with Gasteiger partial charge >= 0.3 is 0 Å². The lowest BCUT2D eigenvalue weighted by molar-refractivity contribution is -0.137. The molecule has 4 rings (SSSR count). The number of hydrogen-bond donors (Lipinski definition) is 0. The van der Waals surface area contributed by atoms with Crippen LogP contribution in [0.4, 0.5) is 4.39 Å². The average Bonchev–Trinajstić information content (AvgIpc) is 3.23. The summed E-state index contributed by atoms with van der Waals surface area (Å²) in [5.41, 5.74) is 0.769. The Labute approximate surface area is 144 Å². The van der Waals surface area contributed by atoms with Gasteiger partial charge in [-0.15, -0.1) is 0 Å². The van der Waals surface area contributed by atoms with Gasteiger partial charge in [-0.1, -0.05) is 24.2 Å². The quantitative estimate of drug-likeness (QED) is 0.842. The largest absolute Gasteiger partial charge is 0.467 e. The third-order valence-corrected chi connectivity index (χ3v) is 5.97. The standard InChI is InChI=1S/C18H21FN2O2S/c19-13-5-6-15-16(11-13)24-18(20-15)23-14-7-9-21(10-8-14)17(22)12-3-1-2-4-12/h5-6,11-12,14H,1-4,7-10H2. The minimum absolute atomic E-state index is 0.0861. The molecule has 128 valence electrons. The van der Waals surface area contributed by atoms with Gasteiger partial charge in [0.15, 0.2) is 0 Å². The predicted octanol–water partition coefficient (Wildman–Crippen LogP) is 4.00. The molecule has 0 N–H and O–H groups in total. The van der Waals surface area contributed by atoms with Crippen LogP contribution in [-0.2, 0) is 4.79 Å². The van der Waals surface area contributed by atoms with E-state index >= 15 is 0 Å². The van der Waals surface area contributed by atoms with Crippen LogP contribution in [0.5, 0.6) is 5.19 Å². The van der Waals surface area contributed by atoms with Crippen LogP contribution in [0.15, 0.2) is 18.2 Å². The summed E-state index contributed by atoms with van der Waals surface area (Å²) >= 11 is 1.38. The predicted molar refractivity (Wildman–Crippen MR) is 91.8 cm³/mol. The molecule has 0 spiro atoms. The summed E-state index contributed by atoms with van der Waals surface area (Å²) in [6.07, 6.45) is 6.24. The summed E-state index contributed by atoms with van der Waals surface area (Å²) in [5.74, 6) is 0.333. The first-order valence-electron chi connectivity index (χ1n) is 8.70. The summed E-state index contributed by atoms with van der Waals surface area (Å²) in [5, 5.41) is 0.594. The van der Waals surface area contributed by atoms with E-state index in [0.29, 0.717) is 11.1 Å². The number of hydrogen-bond acceptors (Lipinski definition) is 4. The molecule has 1 amide bonds. The summed E-state index contributed by atoms with van der Waals surface area (Å²) in [6, 6.07) is 4.58. The Morgan fingerprint density at radius 2 is 1.96 bits per heavy atom. The molecule has 2 heterocycles. The van der Waals surface area contributed by atoms with Crippen LogP contribution in [0.2, 0.25) is 0 Å². The third-order valence-electron chi connectivity index (χ3n) is 5.06. The van der Waals surface area contributed by atoms with Crippen molar-refractivity contribution in [1.82, 2.24) is 9.88 Å². The highest BCUT2D eigenvalue weighted by Gasteiger charge is 2.30. The van der Waals surface area contributed by atoms with Crippen LogP contribution >= 0.6 is 11.3 Å². The van der Waals surface area contributed by atoms with Crippen molar-refractivity contribution in [3.63, 3.8) is 0 Å². The number of aromatic nitrogens is 1. The lowest BCUT2D eigenvalue weighted by Crippen LogP contribution is -2.43. The number of halogens is 1. The van der Waals surface area contributed by atoms with E-state index in [4.69, 9.17) is 4.74 Å². The lowest BCUT2D eigenvalue weighted by Gasteiger charge is -2.33. The van der Waals surface area contributed by atoms with Crippen LogP contribution in [0.25, 0.3) is 10.2 Å². The molecule has 6 heteroatoms. The first kappa shape index (κ1) is 15.8. The van der Waals surface area contributed by atoms with Gasteiger partial charge in [0.2, 0.25) is 5.91 Å². The maximum absolute atomic E-state index is 13.3. The second kappa shape index (κ2) is 6.67. The van der Waals surface area contributed by atoms with Crippen molar-refractivity contribution in [1.29, 1.82) is 0 Å². The van der Waals surface area contributed by atoms with E-state index < -0.39 is 0 Å². The molecule has 4 nitrogen and oxygen atoms in total. The van der Waals surface area contributed by atoms with Gasteiger partial charge in [0, 0.05) is 31.8 Å². The molecule has 0 atom stereocenters. The van der Waals surface area contributed by atoms with E-state index in [2.05, 4.69) is 4.98 Å². The van der Waals surface area contributed by atoms with Gasteiger partial charge in [0.1, 0.15) is 11.9 Å². The van der Waals surface area contributed by atoms with Crippen molar-refractivity contribution in [2.24, 2.45) is 5.92 Å². The van der Waals surface area contributed by atoms with Crippen molar-refractivity contribution >= 4 is 27.5 Å². The highest BCUT2D eigenvalue weighted by molar-refractivity contribution is 7.20. The highest BCUT2D eigenvalue weighted by atomic mass is 32.1. The Balaban J connectivity index is 1.34. The smallest absolute Gasteiger partial charge is 0.274 e. The number of benzene rings is 1. The number of carbonyl (C=O) groups excluding carboxylic acids is 1. The monoisotopic (exact) mass is 348 g/mol. The van der Waals surface area contributed by atoms with Crippen LogP contribution in [0.1, 0.15) is 38.5 Å². The number of thiazole rings is 1. The Morgan fingerprint density at radius 3 is 2.71 bits per heavy atom. The number of piperidine rings is 1. The van der Waals surface area contributed by atoms with Crippen molar-refractivity contribution in [3.8, 4) is 5.19 Å². The van der Waals surface area contributed by atoms with Gasteiger partial charge < -0.3 is 9.64 Å². The fraction of sp³-hybridized carbons (Fsp3) is 0.556. The third kappa shape index (κ3) is 3.24. The molecule has 1 aromatic heterocycles. The molecule has 24 heavy (non-hydrogen) atoms. The topological polar surface area (TPSA) is 42.4 Å². The van der Waals surface area contributed by atoms with Gasteiger partial charge in [-0.05, 0) is 31.0 Å². The van der Waals surface area contributed by atoms with Crippen LogP contribution in [-0.4, -0.2) is 35.0 Å². The zero-order chi connectivity index (χ0) is 16.5. The van der Waals surface area contributed by atoms with Crippen LogP contribution < -0.4 is 4.74 Å². The number of rotatable bonds is 3. The number of likely N-dealkylation sites (tertiary alicyclic amines) is 1. The zero-order valence-electron chi connectivity index (χ0n) is 13.5. The molecule has 1 aromatic carbocycles. The minimum atomic E-state index is -0.253. The highest BCUT2D eigenvalue weighted by Crippen LogP contribution is 2.31. The molecule has 1 saturated heterocycles. The molecular formula is C18H21FN2O2S. The van der Waals surface area contributed by atoms with E-state index in [1.54, 1.807) is 6.07 Å². The van der Waals surface area contributed by atoms with E-state index in [0.717, 1.165) is 49.0 Å². The molecule has 2 fully saturated rings. The Hall–Kier alpha value is -1.69. The maximum Gasteiger partial charge on any atom is 0.274 e. The normalized spacial score (nSPS) is 20.0. The van der Waals surface area contributed by atoms with E-state index in [-0.39, 0.29) is 17.8 Å². The van der Waals surface area contributed by atoms with Crippen molar-refractivity contribution in [3.05, 3.63) is 24.0 Å². The Kier molecular flexibility index (Phi) is 4.39. The SMILES string of the molecule is O=C(C1CCCC1)N1CCC(Oc2nc3ccc(F)cc3s2)CC1. The molecule has 1 aliphatic carbocycles. The van der Waals surface area contributed by atoms with Gasteiger partial charge in [0.05, 0.1) is 10.2 Å². The Bertz CT molecular complexity index is 734. The fourth-order valence-corrected chi connectivity index (χ4v) is 4.60. The van der Waals surface area contributed by atoms with Crippen molar-refractivity contribution in [2.75, 3.05) is 13.1 Å². The van der Waals surface area contributed by atoms with Crippen molar-refractivity contribution in [2.45, 2.75) is 44.6 Å². The average molecular weight is 348 g/mol. The van der Waals surface area contributed by atoms with Crippen LogP contribution in [0.3, 0.4) is 0 Å². The summed E-state index contributed by atoms with van der Waals surface area (Å²) in [6.45, 7) is 1.53. The summed E-state index contributed by atoms with van der Waals surface area (Å²) < 4.78 is 20.0. The number of carbonyl (C=O) groups is 1. The second-order valence-electron chi connectivity index (χ2n) is 6.72. The minimum Gasteiger partial charge on any atom is -0.467 e. The number of fused-ring (bicyclic) bond motifs is 1. The summed E-state index contributed by atoms with van der Waals surface area (Å²) in [4.78, 5) is 18.9. The molecular weight excluding hydrogens is 327 g/mol. The zero-order valence-corrected chi connectivity index (χ0v) is 14.4. The first-order chi connectivity index (χ1) is 11.7. The second-order valence-corrected chi connectivity index (χ2v) is 7.71. The van der Waals surface area contributed by atoms with Crippen LogP contribution in [0, 0.1) is 11.7 Å². The molecule has 1 aliphatic heterocycles. The lowest BCUT2D eigenvalue weighted by atomic mass is 10.0. The fourth-order valence-electron chi connectivity index (χ4n) is 3.70. The van der Waals surface area contributed by atoms with E-state index in [1.807, 2.05) is 4.90 Å². The van der Waals surface area contributed by atoms with Gasteiger partial charge in [0.25, 0.3) is 5.19 Å². The van der Waals surface area contributed by atoms with Gasteiger partial charge in [-0.25, -0.2) is 9.37 Å². The molecule has 1 saturated carbocycles. The maximum atomic E-state index is 13.3. The van der Waals surface area contributed by atoms with E-state index in [9.17, 15) is 9.18 Å². The van der Waals surface area contributed by atoms with Gasteiger partial charge in [-0.2, -0.15) is 0 Å². The Morgan fingerprint density at radius 1 is 1.21 bits per heavy atom. The molecule has 2 aliphatic rings. The molecule has 2 aromatic rings.